The molecule has 5 heteroatoms. The van der Waals surface area contributed by atoms with E-state index in [1.807, 2.05) is 0 Å². The van der Waals surface area contributed by atoms with Gasteiger partial charge in [-0.3, -0.25) is 0 Å². The summed E-state index contributed by atoms with van der Waals surface area (Å²) in [6.07, 6.45) is 0.517. The van der Waals surface area contributed by atoms with Gasteiger partial charge in [0, 0.05) is 31.7 Å². The summed E-state index contributed by atoms with van der Waals surface area (Å²) in [6, 6.07) is 10.3. The second kappa shape index (κ2) is 6.34. The third-order valence-corrected chi connectivity index (χ3v) is 4.08. The highest BCUT2D eigenvalue weighted by atomic mass is 35.5. The van der Waals surface area contributed by atoms with Gasteiger partial charge in [-0.05, 0) is 42.3 Å². The Balaban J connectivity index is 2.31. The molecule has 0 heterocycles. The molecule has 2 rings (SSSR count). The van der Waals surface area contributed by atoms with E-state index in [0.717, 1.165) is 11.1 Å². The van der Waals surface area contributed by atoms with Gasteiger partial charge in [0.15, 0.2) is 0 Å². The van der Waals surface area contributed by atoms with Crippen molar-refractivity contribution in [1.82, 2.24) is 0 Å². The second-order valence-electron chi connectivity index (χ2n) is 4.18. The number of rotatable bonds is 3. The molecule has 2 N–H and O–H groups in total. The van der Waals surface area contributed by atoms with Gasteiger partial charge in [-0.2, -0.15) is 0 Å². The van der Waals surface area contributed by atoms with E-state index in [1.165, 1.54) is 0 Å². The lowest BCUT2D eigenvalue weighted by molar-refractivity contribution is 0.722. The molecular weight excluding hydrogens is 324 g/mol. The highest BCUT2D eigenvalue weighted by molar-refractivity contribution is 6.36. The molecule has 2 aromatic carbocycles. The summed E-state index contributed by atoms with van der Waals surface area (Å²) in [4.78, 5) is 0. The Morgan fingerprint density at radius 1 is 0.895 bits per heavy atom. The van der Waals surface area contributed by atoms with Crippen LogP contribution in [0.3, 0.4) is 0 Å². The largest absolute Gasteiger partial charge is 0.324 e. The first-order chi connectivity index (χ1) is 8.99. The third kappa shape index (κ3) is 3.56. The second-order valence-corrected chi connectivity index (χ2v) is 5.84. The highest BCUT2D eigenvalue weighted by Gasteiger charge is 2.16. The predicted molar refractivity (Wildman–Crippen MR) is 83.6 cm³/mol. The molecule has 0 aromatic heterocycles. The lowest BCUT2D eigenvalue weighted by Crippen LogP contribution is -2.14. The van der Waals surface area contributed by atoms with Crippen LogP contribution >= 0.6 is 46.4 Å². The van der Waals surface area contributed by atoms with E-state index >= 15 is 0 Å². The summed E-state index contributed by atoms with van der Waals surface area (Å²) in [5.74, 6) is 0. The number of hydrogen-bond acceptors (Lipinski definition) is 1. The molecule has 0 saturated heterocycles. The molecule has 1 unspecified atom stereocenters. The number of hydrogen-bond donors (Lipinski definition) is 1. The first kappa shape index (κ1) is 15.0. The standard InChI is InChI=1S/C14H11Cl4N/c15-9-4-5-10(16)8(6-9)7-13(19)14-11(17)2-1-3-12(14)18/h1-6,13H,7,19H2. The van der Waals surface area contributed by atoms with E-state index in [-0.39, 0.29) is 6.04 Å². The van der Waals surface area contributed by atoms with Crippen molar-refractivity contribution in [2.75, 3.05) is 0 Å². The van der Waals surface area contributed by atoms with Crippen molar-refractivity contribution >= 4 is 46.4 Å². The summed E-state index contributed by atoms with van der Waals surface area (Å²) in [5.41, 5.74) is 7.77. The first-order valence-electron chi connectivity index (χ1n) is 5.62. The van der Waals surface area contributed by atoms with Gasteiger partial charge in [0.1, 0.15) is 0 Å². The van der Waals surface area contributed by atoms with Crippen molar-refractivity contribution in [2.24, 2.45) is 5.73 Å². The Morgan fingerprint density at radius 3 is 2.16 bits per heavy atom. The van der Waals surface area contributed by atoms with Gasteiger partial charge in [-0.25, -0.2) is 0 Å². The molecule has 0 aliphatic carbocycles. The summed E-state index contributed by atoms with van der Waals surface area (Å²) in [6.45, 7) is 0. The van der Waals surface area contributed by atoms with Crippen LogP contribution in [-0.2, 0) is 6.42 Å². The molecule has 0 aliphatic heterocycles. The molecule has 19 heavy (non-hydrogen) atoms. The molecule has 0 saturated carbocycles. The average molecular weight is 335 g/mol. The lowest BCUT2D eigenvalue weighted by Gasteiger charge is -2.16. The minimum absolute atomic E-state index is 0.336. The van der Waals surface area contributed by atoms with Crippen LogP contribution in [0.25, 0.3) is 0 Å². The summed E-state index contributed by atoms with van der Waals surface area (Å²) >= 11 is 24.4. The maximum Gasteiger partial charge on any atom is 0.0468 e. The van der Waals surface area contributed by atoms with Crippen LogP contribution in [0.4, 0.5) is 0 Å². The minimum atomic E-state index is -0.336. The Labute approximate surface area is 132 Å². The number of benzene rings is 2. The van der Waals surface area contributed by atoms with Crippen molar-refractivity contribution in [2.45, 2.75) is 12.5 Å². The van der Waals surface area contributed by atoms with E-state index in [4.69, 9.17) is 52.1 Å². The van der Waals surface area contributed by atoms with E-state index in [9.17, 15) is 0 Å². The zero-order valence-corrected chi connectivity index (χ0v) is 12.9. The molecule has 0 fully saturated rings. The van der Waals surface area contributed by atoms with Crippen LogP contribution < -0.4 is 5.73 Å². The van der Waals surface area contributed by atoms with Gasteiger partial charge in [-0.1, -0.05) is 52.5 Å². The summed E-state index contributed by atoms with van der Waals surface area (Å²) in [7, 11) is 0. The molecule has 0 aliphatic rings. The molecule has 0 bridgehead atoms. The van der Waals surface area contributed by atoms with Crippen molar-refractivity contribution in [1.29, 1.82) is 0 Å². The smallest absolute Gasteiger partial charge is 0.0468 e. The predicted octanol–water partition coefficient (Wildman–Crippen LogP) is 5.54. The first-order valence-corrected chi connectivity index (χ1v) is 7.13. The maximum absolute atomic E-state index is 6.18. The highest BCUT2D eigenvalue weighted by Crippen LogP contribution is 2.32. The van der Waals surface area contributed by atoms with Crippen LogP contribution in [0.5, 0.6) is 0 Å². The van der Waals surface area contributed by atoms with Gasteiger partial charge in [0.2, 0.25) is 0 Å². The Bertz CT molecular complexity index is 578. The summed E-state index contributed by atoms with van der Waals surface area (Å²) in [5, 5.41) is 2.36. The van der Waals surface area contributed by atoms with Crippen molar-refractivity contribution in [3.8, 4) is 0 Å². The topological polar surface area (TPSA) is 26.0 Å². The van der Waals surface area contributed by atoms with E-state index in [0.29, 0.717) is 26.5 Å². The van der Waals surface area contributed by atoms with E-state index in [2.05, 4.69) is 0 Å². The van der Waals surface area contributed by atoms with E-state index in [1.54, 1.807) is 36.4 Å². The molecular formula is C14H11Cl4N. The number of nitrogens with two attached hydrogens (primary N) is 1. The fraction of sp³-hybridized carbons (Fsp3) is 0.143. The average Bonchev–Trinajstić information content (AvgIpc) is 2.33. The van der Waals surface area contributed by atoms with Crippen LogP contribution in [0, 0.1) is 0 Å². The van der Waals surface area contributed by atoms with Crippen molar-refractivity contribution in [3.05, 3.63) is 67.6 Å². The normalized spacial score (nSPS) is 12.5. The fourth-order valence-corrected chi connectivity index (χ4v) is 2.97. The lowest BCUT2D eigenvalue weighted by atomic mass is 9.99. The zero-order valence-electron chi connectivity index (χ0n) is 9.84. The van der Waals surface area contributed by atoms with Crippen molar-refractivity contribution < 1.29 is 0 Å². The van der Waals surface area contributed by atoms with Crippen LogP contribution in [0.1, 0.15) is 17.2 Å². The van der Waals surface area contributed by atoms with Crippen molar-refractivity contribution in [3.63, 3.8) is 0 Å². The maximum atomic E-state index is 6.18. The molecule has 0 radical (unpaired) electrons. The Hall–Kier alpha value is -0.440. The van der Waals surface area contributed by atoms with Gasteiger partial charge in [-0.15, -0.1) is 0 Å². The van der Waals surface area contributed by atoms with Gasteiger partial charge in [0.25, 0.3) is 0 Å². The minimum Gasteiger partial charge on any atom is -0.324 e. The number of halogens is 4. The molecule has 1 atom stereocenters. The van der Waals surface area contributed by atoms with Gasteiger partial charge >= 0.3 is 0 Å². The third-order valence-electron chi connectivity index (χ3n) is 2.82. The van der Waals surface area contributed by atoms with Crippen LogP contribution in [0.15, 0.2) is 36.4 Å². The monoisotopic (exact) mass is 333 g/mol. The summed E-state index contributed by atoms with van der Waals surface area (Å²) < 4.78 is 0. The molecule has 2 aromatic rings. The quantitative estimate of drug-likeness (QED) is 0.783. The SMILES string of the molecule is NC(Cc1cc(Cl)ccc1Cl)c1c(Cl)cccc1Cl. The van der Waals surface area contributed by atoms with Gasteiger partial charge < -0.3 is 5.73 Å². The molecule has 1 nitrogen and oxygen atoms in total. The Morgan fingerprint density at radius 2 is 1.53 bits per heavy atom. The molecule has 0 amide bonds. The van der Waals surface area contributed by atoms with Crippen LogP contribution in [-0.4, -0.2) is 0 Å². The Kier molecular flexibility index (Phi) is 4.99. The van der Waals surface area contributed by atoms with Crippen LogP contribution in [0.2, 0.25) is 20.1 Å². The molecule has 100 valence electrons. The zero-order chi connectivity index (χ0) is 14.0. The fourth-order valence-electron chi connectivity index (χ4n) is 1.90. The van der Waals surface area contributed by atoms with Gasteiger partial charge in [0.05, 0.1) is 0 Å². The molecule has 0 spiro atoms. The van der Waals surface area contributed by atoms with E-state index < -0.39 is 0 Å².